The van der Waals surface area contributed by atoms with Crippen LogP contribution in [0.15, 0.2) is 12.1 Å². The Morgan fingerprint density at radius 2 is 1.96 bits per heavy atom. The summed E-state index contributed by atoms with van der Waals surface area (Å²) in [4.78, 5) is 2.14. The van der Waals surface area contributed by atoms with Crippen molar-refractivity contribution in [1.82, 2.24) is 10.2 Å². The molecule has 1 fully saturated rings. The number of rotatable bonds is 6. The molecule has 2 heterocycles. The summed E-state index contributed by atoms with van der Waals surface area (Å²) in [5.41, 5.74) is 0.686. The third kappa shape index (κ3) is 4.23. The van der Waals surface area contributed by atoms with Gasteiger partial charge in [0.2, 0.25) is 6.79 Å². The normalized spacial score (nSPS) is 18.0. The molecule has 3 rings (SSSR count). The molecule has 0 bridgehead atoms. The molecule has 0 atom stereocenters. The topological polar surface area (TPSA) is 43.0 Å². The molecule has 1 aromatic carbocycles. The van der Waals surface area contributed by atoms with Crippen LogP contribution in [0.25, 0.3) is 0 Å². The first-order valence-corrected chi connectivity index (χ1v) is 7.88. The lowest BCUT2D eigenvalue weighted by Crippen LogP contribution is -2.34. The van der Waals surface area contributed by atoms with E-state index in [9.17, 15) is 8.78 Å². The van der Waals surface area contributed by atoms with Crippen LogP contribution in [-0.4, -0.2) is 45.0 Å². The van der Waals surface area contributed by atoms with Crippen LogP contribution < -0.4 is 19.5 Å². The zero-order chi connectivity index (χ0) is 16.2. The maximum Gasteiger partial charge on any atom is 0.387 e. The van der Waals surface area contributed by atoms with E-state index in [1.165, 1.54) is 6.07 Å². The molecule has 2 aliphatic heterocycles. The molecule has 0 radical (unpaired) electrons. The van der Waals surface area contributed by atoms with Gasteiger partial charge >= 0.3 is 6.61 Å². The first-order valence-electron chi connectivity index (χ1n) is 7.88. The number of halogens is 2. The molecule has 0 unspecified atom stereocenters. The van der Waals surface area contributed by atoms with Gasteiger partial charge in [0.15, 0.2) is 11.5 Å². The van der Waals surface area contributed by atoms with Gasteiger partial charge in [-0.05, 0) is 45.0 Å². The van der Waals surface area contributed by atoms with E-state index in [1.807, 2.05) is 7.05 Å². The van der Waals surface area contributed by atoms with Gasteiger partial charge in [0, 0.05) is 24.7 Å². The minimum Gasteiger partial charge on any atom is -0.454 e. The minimum absolute atomic E-state index is 0.109. The van der Waals surface area contributed by atoms with Gasteiger partial charge in [0.1, 0.15) is 5.75 Å². The average Bonchev–Trinajstić information content (AvgIpc) is 2.95. The zero-order valence-corrected chi connectivity index (χ0v) is 13.2. The summed E-state index contributed by atoms with van der Waals surface area (Å²) in [5.74, 6) is 1.82. The predicted molar refractivity (Wildman–Crippen MR) is 81.1 cm³/mol. The van der Waals surface area contributed by atoms with Crippen molar-refractivity contribution in [2.75, 3.05) is 33.5 Å². The number of nitrogens with zero attached hydrogens (tertiary/aromatic N) is 1. The first-order chi connectivity index (χ1) is 11.1. The highest BCUT2D eigenvalue weighted by Crippen LogP contribution is 2.39. The van der Waals surface area contributed by atoms with Crippen LogP contribution in [0.3, 0.4) is 0 Å². The number of ether oxygens (including phenoxy) is 3. The smallest absolute Gasteiger partial charge is 0.387 e. The summed E-state index contributed by atoms with van der Waals surface area (Å²) in [5, 5.41) is 3.34. The molecule has 1 aromatic rings. The summed E-state index contributed by atoms with van der Waals surface area (Å²) in [7, 11) is 2.00. The van der Waals surface area contributed by atoms with Crippen molar-refractivity contribution in [2.45, 2.75) is 26.0 Å². The van der Waals surface area contributed by atoms with Gasteiger partial charge < -0.3 is 24.4 Å². The van der Waals surface area contributed by atoms with Crippen molar-refractivity contribution in [3.05, 3.63) is 17.7 Å². The Morgan fingerprint density at radius 3 is 2.65 bits per heavy atom. The quantitative estimate of drug-likeness (QED) is 0.869. The molecule has 23 heavy (non-hydrogen) atoms. The Bertz CT molecular complexity index is 536. The maximum absolute atomic E-state index is 12.6. The van der Waals surface area contributed by atoms with Gasteiger partial charge in [0.05, 0.1) is 0 Å². The molecule has 7 heteroatoms. The molecule has 0 amide bonds. The monoisotopic (exact) mass is 328 g/mol. The van der Waals surface area contributed by atoms with Gasteiger partial charge in [-0.2, -0.15) is 8.78 Å². The second kappa shape index (κ2) is 7.31. The molecule has 0 spiro atoms. The number of hydrogen-bond acceptors (Lipinski definition) is 5. The SMILES string of the molecule is CN(Cc1cc2c(cc1OC(F)F)OCO2)CC1CCNCC1. The van der Waals surface area contributed by atoms with Gasteiger partial charge in [-0.15, -0.1) is 0 Å². The highest BCUT2D eigenvalue weighted by Gasteiger charge is 2.22. The fourth-order valence-electron chi connectivity index (χ4n) is 3.16. The number of alkyl halides is 2. The van der Waals surface area contributed by atoms with Crippen LogP contribution in [0, 0.1) is 5.92 Å². The number of hydrogen-bond donors (Lipinski definition) is 1. The Labute approximate surface area is 134 Å². The second-order valence-electron chi connectivity index (χ2n) is 6.08. The minimum atomic E-state index is -2.86. The summed E-state index contributed by atoms with van der Waals surface area (Å²) in [6, 6.07) is 3.22. The molecular formula is C16H22F2N2O3. The molecule has 0 aliphatic carbocycles. The summed E-state index contributed by atoms with van der Waals surface area (Å²) < 4.78 is 40.5. The standard InChI is InChI=1S/C16H22F2N2O3/c1-20(8-11-2-4-19-5-3-11)9-12-6-14-15(22-10-21-14)7-13(12)23-16(17)18/h6-7,11,16,19H,2-5,8-10H2,1H3. The fraction of sp³-hybridized carbons (Fsp3) is 0.625. The highest BCUT2D eigenvalue weighted by molar-refractivity contribution is 5.51. The molecule has 0 saturated carbocycles. The van der Waals surface area contributed by atoms with Crippen molar-refractivity contribution in [3.8, 4) is 17.2 Å². The molecular weight excluding hydrogens is 306 g/mol. The third-order valence-corrected chi connectivity index (χ3v) is 4.24. The molecule has 128 valence electrons. The van der Waals surface area contributed by atoms with Crippen molar-refractivity contribution < 1.29 is 23.0 Å². The summed E-state index contributed by atoms with van der Waals surface area (Å²) in [6.45, 7) is 0.804. The lowest BCUT2D eigenvalue weighted by Gasteiger charge is -2.28. The third-order valence-electron chi connectivity index (χ3n) is 4.24. The van der Waals surface area contributed by atoms with E-state index >= 15 is 0 Å². The second-order valence-corrected chi connectivity index (χ2v) is 6.08. The van der Waals surface area contributed by atoms with E-state index in [4.69, 9.17) is 9.47 Å². The van der Waals surface area contributed by atoms with E-state index in [-0.39, 0.29) is 12.5 Å². The molecule has 1 N–H and O–H groups in total. The van der Waals surface area contributed by atoms with Crippen LogP contribution in [0.1, 0.15) is 18.4 Å². The van der Waals surface area contributed by atoms with Crippen molar-refractivity contribution in [1.29, 1.82) is 0 Å². The van der Waals surface area contributed by atoms with Crippen molar-refractivity contribution >= 4 is 0 Å². The summed E-state index contributed by atoms with van der Waals surface area (Å²) in [6.07, 6.45) is 2.29. The van der Waals surface area contributed by atoms with Gasteiger partial charge in [0.25, 0.3) is 0 Å². The van der Waals surface area contributed by atoms with E-state index in [0.29, 0.717) is 29.5 Å². The Kier molecular flexibility index (Phi) is 5.17. The maximum atomic E-state index is 12.6. The zero-order valence-electron chi connectivity index (χ0n) is 13.2. The average molecular weight is 328 g/mol. The van der Waals surface area contributed by atoms with E-state index in [0.717, 1.165) is 32.5 Å². The Hall–Kier alpha value is -1.60. The lowest BCUT2D eigenvalue weighted by atomic mass is 9.97. The van der Waals surface area contributed by atoms with Crippen molar-refractivity contribution in [2.24, 2.45) is 5.92 Å². The van der Waals surface area contributed by atoms with E-state index in [1.54, 1.807) is 6.07 Å². The van der Waals surface area contributed by atoms with E-state index < -0.39 is 6.61 Å². The molecule has 0 aromatic heterocycles. The number of piperidine rings is 1. The van der Waals surface area contributed by atoms with Crippen LogP contribution >= 0.6 is 0 Å². The van der Waals surface area contributed by atoms with Crippen molar-refractivity contribution in [3.63, 3.8) is 0 Å². The largest absolute Gasteiger partial charge is 0.454 e. The molecule has 5 nitrogen and oxygen atoms in total. The fourth-order valence-corrected chi connectivity index (χ4v) is 3.16. The van der Waals surface area contributed by atoms with Crippen LogP contribution in [0.5, 0.6) is 17.2 Å². The van der Waals surface area contributed by atoms with Crippen LogP contribution in [0.2, 0.25) is 0 Å². The number of nitrogens with one attached hydrogen (secondary N) is 1. The number of benzene rings is 1. The Balaban J connectivity index is 1.69. The lowest BCUT2D eigenvalue weighted by molar-refractivity contribution is -0.0508. The Morgan fingerprint density at radius 1 is 1.26 bits per heavy atom. The van der Waals surface area contributed by atoms with Crippen LogP contribution in [-0.2, 0) is 6.54 Å². The van der Waals surface area contributed by atoms with Crippen LogP contribution in [0.4, 0.5) is 8.78 Å². The number of fused-ring (bicyclic) bond motifs is 1. The molecule has 1 saturated heterocycles. The van der Waals surface area contributed by atoms with Gasteiger partial charge in [-0.1, -0.05) is 0 Å². The first kappa shape index (κ1) is 16.3. The predicted octanol–water partition coefficient (Wildman–Crippen LogP) is 2.45. The van der Waals surface area contributed by atoms with Gasteiger partial charge in [-0.25, -0.2) is 0 Å². The van der Waals surface area contributed by atoms with Gasteiger partial charge in [-0.3, -0.25) is 0 Å². The molecule has 2 aliphatic rings. The summed E-state index contributed by atoms with van der Waals surface area (Å²) >= 11 is 0. The highest BCUT2D eigenvalue weighted by atomic mass is 19.3. The van der Waals surface area contributed by atoms with E-state index in [2.05, 4.69) is 15.0 Å².